The molecule has 1 saturated carbocycles. The molecule has 140 valence electrons. The van der Waals surface area contributed by atoms with Crippen molar-refractivity contribution >= 4 is 21.7 Å². The van der Waals surface area contributed by atoms with E-state index in [1.807, 2.05) is 6.07 Å². The third-order valence-electron chi connectivity index (χ3n) is 4.60. The standard InChI is InChI=1S/C18H25N5O2S/c19-26(24,25)16-8-6-14(7-9-16)10-11-20-17-12-18(22-13-21-17)23-15-4-2-1-3-5-15/h6-9,12-13,15H,1-5,10-11H2,(H2,19,24,25)(H2,20,21,22,23). The molecule has 7 nitrogen and oxygen atoms in total. The van der Waals surface area contributed by atoms with Crippen LogP contribution in [0.25, 0.3) is 0 Å². The summed E-state index contributed by atoms with van der Waals surface area (Å²) in [6, 6.07) is 9.04. The molecule has 0 aliphatic heterocycles. The minimum atomic E-state index is -3.64. The molecule has 0 unspecified atom stereocenters. The monoisotopic (exact) mass is 375 g/mol. The van der Waals surface area contributed by atoms with Crippen molar-refractivity contribution in [2.45, 2.75) is 49.5 Å². The van der Waals surface area contributed by atoms with Crippen molar-refractivity contribution in [2.75, 3.05) is 17.2 Å². The van der Waals surface area contributed by atoms with Crippen LogP contribution >= 0.6 is 0 Å². The largest absolute Gasteiger partial charge is 0.370 e. The second-order valence-corrected chi connectivity index (χ2v) is 8.19. The first-order valence-electron chi connectivity index (χ1n) is 8.95. The molecule has 1 aromatic carbocycles. The lowest BCUT2D eigenvalue weighted by molar-refractivity contribution is 0.462. The maximum atomic E-state index is 11.3. The van der Waals surface area contributed by atoms with E-state index < -0.39 is 10.0 Å². The number of aromatic nitrogens is 2. The van der Waals surface area contributed by atoms with E-state index in [1.165, 1.54) is 44.2 Å². The summed E-state index contributed by atoms with van der Waals surface area (Å²) in [4.78, 5) is 8.68. The van der Waals surface area contributed by atoms with E-state index in [9.17, 15) is 8.42 Å². The first-order chi connectivity index (χ1) is 12.5. The van der Waals surface area contributed by atoms with Crippen molar-refractivity contribution in [3.05, 3.63) is 42.2 Å². The molecule has 4 N–H and O–H groups in total. The van der Waals surface area contributed by atoms with Crippen molar-refractivity contribution in [1.29, 1.82) is 0 Å². The van der Waals surface area contributed by atoms with Gasteiger partial charge in [0.25, 0.3) is 0 Å². The van der Waals surface area contributed by atoms with Gasteiger partial charge < -0.3 is 10.6 Å². The summed E-state index contributed by atoms with van der Waals surface area (Å²) in [6.45, 7) is 0.689. The van der Waals surface area contributed by atoms with Crippen LogP contribution < -0.4 is 15.8 Å². The van der Waals surface area contributed by atoms with Crippen LogP contribution in [0.2, 0.25) is 0 Å². The Labute approximate surface area is 154 Å². The zero-order valence-electron chi connectivity index (χ0n) is 14.7. The van der Waals surface area contributed by atoms with Gasteiger partial charge in [-0.15, -0.1) is 0 Å². The minimum absolute atomic E-state index is 0.128. The summed E-state index contributed by atoms with van der Waals surface area (Å²) in [6.07, 6.45) is 8.58. The Kier molecular flexibility index (Phi) is 6.05. The van der Waals surface area contributed by atoms with Crippen LogP contribution in [-0.2, 0) is 16.4 Å². The number of hydrogen-bond acceptors (Lipinski definition) is 6. The molecule has 0 radical (unpaired) electrons. The lowest BCUT2D eigenvalue weighted by Gasteiger charge is -2.23. The van der Waals surface area contributed by atoms with E-state index in [1.54, 1.807) is 18.5 Å². The second-order valence-electron chi connectivity index (χ2n) is 6.63. The van der Waals surface area contributed by atoms with Gasteiger partial charge >= 0.3 is 0 Å². The van der Waals surface area contributed by atoms with Crippen LogP contribution in [0.4, 0.5) is 11.6 Å². The number of benzene rings is 1. The van der Waals surface area contributed by atoms with Gasteiger partial charge in [-0.05, 0) is 37.0 Å². The molecule has 1 fully saturated rings. The van der Waals surface area contributed by atoms with E-state index in [2.05, 4.69) is 20.6 Å². The molecule has 26 heavy (non-hydrogen) atoms. The molecular weight excluding hydrogens is 350 g/mol. The summed E-state index contributed by atoms with van der Waals surface area (Å²) in [5.74, 6) is 1.63. The first-order valence-corrected chi connectivity index (χ1v) is 10.5. The number of nitrogens with two attached hydrogens (primary N) is 1. The van der Waals surface area contributed by atoms with Gasteiger partial charge in [0.05, 0.1) is 4.90 Å². The number of primary sulfonamides is 1. The van der Waals surface area contributed by atoms with Gasteiger partial charge in [0.2, 0.25) is 10.0 Å². The highest BCUT2D eigenvalue weighted by atomic mass is 32.2. The average Bonchev–Trinajstić information content (AvgIpc) is 2.63. The molecule has 0 bridgehead atoms. The van der Waals surface area contributed by atoms with Crippen LogP contribution in [0, 0.1) is 0 Å². The quantitative estimate of drug-likeness (QED) is 0.686. The highest BCUT2D eigenvalue weighted by Crippen LogP contribution is 2.21. The summed E-state index contributed by atoms with van der Waals surface area (Å²) in [7, 11) is -3.64. The van der Waals surface area contributed by atoms with Gasteiger partial charge in [-0.25, -0.2) is 23.5 Å². The zero-order chi connectivity index (χ0) is 18.4. The molecule has 0 amide bonds. The minimum Gasteiger partial charge on any atom is -0.370 e. The highest BCUT2D eigenvalue weighted by molar-refractivity contribution is 7.89. The van der Waals surface area contributed by atoms with E-state index in [0.717, 1.165) is 23.6 Å². The molecule has 0 atom stereocenters. The molecular formula is C18H25N5O2S. The third kappa shape index (κ3) is 5.40. The number of rotatable bonds is 7. The van der Waals surface area contributed by atoms with Crippen LogP contribution in [0.3, 0.4) is 0 Å². The third-order valence-corrected chi connectivity index (χ3v) is 5.53. The SMILES string of the molecule is NS(=O)(=O)c1ccc(CCNc2cc(NC3CCCCC3)ncn2)cc1. The second kappa shape index (κ2) is 8.46. The molecule has 1 heterocycles. The van der Waals surface area contributed by atoms with Crippen LogP contribution in [0.1, 0.15) is 37.7 Å². The highest BCUT2D eigenvalue weighted by Gasteiger charge is 2.13. The van der Waals surface area contributed by atoms with Crippen molar-refractivity contribution in [2.24, 2.45) is 5.14 Å². The van der Waals surface area contributed by atoms with E-state index in [-0.39, 0.29) is 4.90 Å². The summed E-state index contributed by atoms with van der Waals surface area (Å²) < 4.78 is 22.5. The Balaban J connectivity index is 1.50. The summed E-state index contributed by atoms with van der Waals surface area (Å²) >= 11 is 0. The molecule has 3 rings (SSSR count). The lowest BCUT2D eigenvalue weighted by atomic mass is 9.95. The van der Waals surface area contributed by atoms with E-state index >= 15 is 0 Å². The fourth-order valence-corrected chi connectivity index (χ4v) is 3.69. The van der Waals surface area contributed by atoms with Crippen molar-refractivity contribution in [3.8, 4) is 0 Å². The molecule has 1 aliphatic carbocycles. The number of nitrogens with one attached hydrogen (secondary N) is 2. The summed E-state index contributed by atoms with van der Waals surface area (Å²) in [5.41, 5.74) is 1.03. The normalized spacial score (nSPS) is 15.6. The van der Waals surface area contributed by atoms with Gasteiger partial charge in [-0.1, -0.05) is 31.4 Å². The van der Waals surface area contributed by atoms with Gasteiger partial charge in [-0.3, -0.25) is 0 Å². The smallest absolute Gasteiger partial charge is 0.238 e. The van der Waals surface area contributed by atoms with Crippen molar-refractivity contribution < 1.29 is 8.42 Å². The van der Waals surface area contributed by atoms with Gasteiger partial charge in [0.15, 0.2) is 0 Å². The zero-order valence-corrected chi connectivity index (χ0v) is 15.5. The first kappa shape index (κ1) is 18.6. The number of hydrogen-bond donors (Lipinski definition) is 3. The molecule has 8 heteroatoms. The van der Waals surface area contributed by atoms with Crippen molar-refractivity contribution in [1.82, 2.24) is 9.97 Å². The molecule has 1 aliphatic rings. The maximum absolute atomic E-state index is 11.3. The predicted octanol–water partition coefficient (Wildman–Crippen LogP) is 2.52. The Bertz CT molecular complexity index is 818. The Morgan fingerprint density at radius 3 is 2.42 bits per heavy atom. The van der Waals surface area contributed by atoms with E-state index in [4.69, 9.17) is 5.14 Å². The number of anilines is 2. The van der Waals surface area contributed by atoms with Gasteiger partial charge in [0, 0.05) is 18.7 Å². The van der Waals surface area contributed by atoms with Crippen LogP contribution in [0.15, 0.2) is 41.6 Å². The fourth-order valence-electron chi connectivity index (χ4n) is 3.17. The molecule has 1 aromatic heterocycles. The Hall–Kier alpha value is -2.19. The maximum Gasteiger partial charge on any atom is 0.238 e. The topological polar surface area (TPSA) is 110 Å². The summed E-state index contributed by atoms with van der Waals surface area (Å²) in [5, 5.41) is 11.9. The Morgan fingerprint density at radius 2 is 1.73 bits per heavy atom. The molecule has 0 saturated heterocycles. The number of nitrogens with zero attached hydrogens (tertiary/aromatic N) is 2. The van der Waals surface area contributed by atoms with E-state index in [0.29, 0.717) is 12.6 Å². The van der Waals surface area contributed by atoms with Crippen LogP contribution in [-0.4, -0.2) is 31.0 Å². The lowest BCUT2D eigenvalue weighted by Crippen LogP contribution is -2.23. The van der Waals surface area contributed by atoms with Gasteiger partial charge in [-0.2, -0.15) is 0 Å². The molecule has 2 aromatic rings. The van der Waals surface area contributed by atoms with Gasteiger partial charge in [0.1, 0.15) is 18.0 Å². The Morgan fingerprint density at radius 1 is 1.04 bits per heavy atom. The average molecular weight is 375 g/mol. The number of sulfonamides is 1. The predicted molar refractivity (Wildman–Crippen MR) is 103 cm³/mol. The fraction of sp³-hybridized carbons (Fsp3) is 0.444. The van der Waals surface area contributed by atoms with Crippen LogP contribution in [0.5, 0.6) is 0 Å². The molecule has 0 spiro atoms. The van der Waals surface area contributed by atoms with Crippen molar-refractivity contribution in [3.63, 3.8) is 0 Å².